The molecular formula is C20H26N4OS. The van der Waals surface area contributed by atoms with Gasteiger partial charge in [-0.15, -0.1) is 11.3 Å². The molecule has 0 spiro atoms. The van der Waals surface area contributed by atoms with Crippen molar-refractivity contribution in [3.05, 3.63) is 23.1 Å². The Hall–Kier alpha value is -1.79. The average Bonchev–Trinajstić information content (AvgIpc) is 3.27. The molecule has 3 aromatic rings. The molecule has 0 amide bonds. The Morgan fingerprint density at radius 2 is 2.04 bits per heavy atom. The van der Waals surface area contributed by atoms with E-state index in [4.69, 9.17) is 4.98 Å². The number of unbranched alkanes of at least 4 members (excludes halogenated alkanes) is 1. The molecule has 3 heterocycles. The van der Waals surface area contributed by atoms with Crippen LogP contribution in [0, 0.1) is 0 Å². The number of nitrogens with zero attached hydrogens (tertiary/aromatic N) is 4. The Morgan fingerprint density at radius 3 is 2.81 bits per heavy atom. The Labute approximate surface area is 158 Å². The van der Waals surface area contributed by atoms with Crippen LogP contribution in [0.4, 0.5) is 5.82 Å². The van der Waals surface area contributed by atoms with E-state index in [0.29, 0.717) is 6.54 Å². The predicted molar refractivity (Wildman–Crippen MR) is 108 cm³/mol. The number of pyridine rings is 1. The molecule has 0 aliphatic heterocycles. The van der Waals surface area contributed by atoms with E-state index < -0.39 is 0 Å². The Kier molecular flexibility index (Phi) is 5.05. The summed E-state index contributed by atoms with van der Waals surface area (Å²) in [6.45, 7) is 5.85. The van der Waals surface area contributed by atoms with E-state index in [1.807, 2.05) is 0 Å². The van der Waals surface area contributed by atoms with Crippen molar-refractivity contribution in [2.45, 2.75) is 52.4 Å². The number of anilines is 1. The second-order valence-corrected chi connectivity index (χ2v) is 7.93. The van der Waals surface area contributed by atoms with Crippen LogP contribution in [0.1, 0.15) is 49.9 Å². The first kappa shape index (κ1) is 17.6. The number of thiophene rings is 1. The first-order chi connectivity index (χ1) is 12.8. The number of rotatable bonds is 7. The van der Waals surface area contributed by atoms with Gasteiger partial charge in [-0.3, -0.25) is 0 Å². The Balaban J connectivity index is 1.94. The third-order valence-corrected chi connectivity index (χ3v) is 6.43. The van der Waals surface area contributed by atoms with E-state index >= 15 is 0 Å². The lowest BCUT2D eigenvalue weighted by Gasteiger charge is -2.20. The monoisotopic (exact) mass is 370 g/mol. The van der Waals surface area contributed by atoms with Crippen molar-refractivity contribution in [2.24, 2.45) is 0 Å². The lowest BCUT2D eigenvalue weighted by molar-refractivity contribution is 0.302. The van der Waals surface area contributed by atoms with Gasteiger partial charge in [-0.05, 0) is 50.2 Å². The SMILES string of the molecule is CCCCc1nc2sc3c(N(CC)CCO)ncnc3c2c2c1CCC2. The molecule has 1 aliphatic carbocycles. The lowest BCUT2D eigenvalue weighted by Crippen LogP contribution is -2.27. The van der Waals surface area contributed by atoms with E-state index in [1.165, 1.54) is 41.5 Å². The van der Waals surface area contributed by atoms with Crippen LogP contribution in [0.2, 0.25) is 0 Å². The molecule has 5 nitrogen and oxygen atoms in total. The minimum absolute atomic E-state index is 0.124. The summed E-state index contributed by atoms with van der Waals surface area (Å²) in [6, 6.07) is 0. The minimum Gasteiger partial charge on any atom is -0.395 e. The maximum atomic E-state index is 9.39. The van der Waals surface area contributed by atoms with Gasteiger partial charge in [0.1, 0.15) is 17.0 Å². The lowest BCUT2D eigenvalue weighted by atomic mass is 10.0. The average molecular weight is 371 g/mol. The zero-order valence-corrected chi connectivity index (χ0v) is 16.4. The van der Waals surface area contributed by atoms with E-state index in [-0.39, 0.29) is 6.61 Å². The van der Waals surface area contributed by atoms with Crippen molar-refractivity contribution in [1.29, 1.82) is 0 Å². The highest BCUT2D eigenvalue weighted by Gasteiger charge is 2.24. The van der Waals surface area contributed by atoms with Gasteiger partial charge in [-0.2, -0.15) is 0 Å². The van der Waals surface area contributed by atoms with Crippen LogP contribution >= 0.6 is 11.3 Å². The van der Waals surface area contributed by atoms with Crippen LogP contribution in [0.5, 0.6) is 0 Å². The number of fused-ring (bicyclic) bond motifs is 5. The second-order valence-electron chi connectivity index (χ2n) is 6.93. The number of aliphatic hydroxyl groups excluding tert-OH is 1. The fourth-order valence-corrected chi connectivity index (χ4v) is 5.27. The fraction of sp³-hybridized carbons (Fsp3) is 0.550. The van der Waals surface area contributed by atoms with Crippen LogP contribution in [-0.2, 0) is 19.3 Å². The maximum absolute atomic E-state index is 9.39. The first-order valence-corrected chi connectivity index (χ1v) is 10.5. The van der Waals surface area contributed by atoms with Gasteiger partial charge < -0.3 is 10.0 Å². The molecule has 1 aliphatic rings. The number of aromatic nitrogens is 3. The summed E-state index contributed by atoms with van der Waals surface area (Å²) in [7, 11) is 0. The maximum Gasteiger partial charge on any atom is 0.150 e. The number of likely N-dealkylation sites (N-methyl/N-ethyl adjacent to an activating group) is 1. The summed E-state index contributed by atoms with van der Waals surface area (Å²) >= 11 is 1.71. The number of hydrogen-bond acceptors (Lipinski definition) is 6. The van der Waals surface area contributed by atoms with Gasteiger partial charge in [0.25, 0.3) is 0 Å². The minimum atomic E-state index is 0.124. The third-order valence-electron chi connectivity index (χ3n) is 5.36. The molecule has 0 atom stereocenters. The predicted octanol–water partition coefficient (Wildman–Crippen LogP) is 3.89. The molecule has 0 saturated carbocycles. The molecule has 0 saturated heterocycles. The molecule has 0 radical (unpaired) electrons. The van der Waals surface area contributed by atoms with Gasteiger partial charge in [0.15, 0.2) is 0 Å². The van der Waals surface area contributed by atoms with Crippen molar-refractivity contribution in [3.8, 4) is 0 Å². The molecular weight excluding hydrogens is 344 g/mol. The molecule has 138 valence electrons. The number of aliphatic hydroxyl groups is 1. The van der Waals surface area contributed by atoms with Crippen LogP contribution in [0.3, 0.4) is 0 Å². The summed E-state index contributed by atoms with van der Waals surface area (Å²) < 4.78 is 1.10. The molecule has 6 heteroatoms. The largest absolute Gasteiger partial charge is 0.395 e. The Morgan fingerprint density at radius 1 is 1.19 bits per heavy atom. The molecule has 3 aromatic heterocycles. The molecule has 0 aromatic carbocycles. The van der Waals surface area contributed by atoms with E-state index in [1.54, 1.807) is 17.7 Å². The number of hydrogen-bond donors (Lipinski definition) is 1. The fourth-order valence-electron chi connectivity index (χ4n) is 4.08. The highest BCUT2D eigenvalue weighted by molar-refractivity contribution is 7.26. The summed E-state index contributed by atoms with van der Waals surface area (Å²) in [5.74, 6) is 0.927. The summed E-state index contributed by atoms with van der Waals surface area (Å²) in [5.41, 5.74) is 5.30. The highest BCUT2D eigenvalue weighted by Crippen LogP contribution is 2.42. The normalized spacial score (nSPS) is 13.7. The quantitative estimate of drug-likeness (QED) is 0.684. The van der Waals surface area contributed by atoms with Crippen molar-refractivity contribution < 1.29 is 5.11 Å². The van der Waals surface area contributed by atoms with Gasteiger partial charge in [0.05, 0.1) is 16.8 Å². The van der Waals surface area contributed by atoms with Crippen LogP contribution < -0.4 is 4.90 Å². The van der Waals surface area contributed by atoms with Crippen LogP contribution in [-0.4, -0.2) is 39.8 Å². The van der Waals surface area contributed by atoms with Crippen LogP contribution in [0.25, 0.3) is 20.4 Å². The van der Waals surface area contributed by atoms with Gasteiger partial charge >= 0.3 is 0 Å². The van der Waals surface area contributed by atoms with Gasteiger partial charge in [0.2, 0.25) is 0 Å². The molecule has 26 heavy (non-hydrogen) atoms. The smallest absolute Gasteiger partial charge is 0.150 e. The van der Waals surface area contributed by atoms with Gasteiger partial charge in [-0.1, -0.05) is 13.3 Å². The Bertz CT molecular complexity index is 937. The molecule has 0 bridgehead atoms. The van der Waals surface area contributed by atoms with E-state index in [9.17, 15) is 5.11 Å². The zero-order chi connectivity index (χ0) is 18.1. The van der Waals surface area contributed by atoms with Crippen molar-refractivity contribution in [1.82, 2.24) is 15.0 Å². The number of aryl methyl sites for hydroxylation is 2. The van der Waals surface area contributed by atoms with Gasteiger partial charge in [-0.25, -0.2) is 15.0 Å². The van der Waals surface area contributed by atoms with Gasteiger partial charge in [0, 0.05) is 24.2 Å². The van der Waals surface area contributed by atoms with E-state index in [0.717, 1.165) is 46.7 Å². The van der Waals surface area contributed by atoms with E-state index in [2.05, 4.69) is 28.7 Å². The van der Waals surface area contributed by atoms with Crippen molar-refractivity contribution >= 4 is 37.6 Å². The summed E-state index contributed by atoms with van der Waals surface area (Å²) in [5, 5.41) is 10.6. The van der Waals surface area contributed by atoms with Crippen molar-refractivity contribution in [3.63, 3.8) is 0 Å². The second kappa shape index (κ2) is 7.45. The first-order valence-electron chi connectivity index (χ1n) is 9.72. The third kappa shape index (κ3) is 2.85. The highest BCUT2D eigenvalue weighted by atomic mass is 32.1. The van der Waals surface area contributed by atoms with Crippen molar-refractivity contribution in [2.75, 3.05) is 24.6 Å². The molecule has 0 unspecified atom stereocenters. The molecule has 4 rings (SSSR count). The summed E-state index contributed by atoms with van der Waals surface area (Å²) in [4.78, 5) is 17.5. The molecule has 0 fully saturated rings. The van der Waals surface area contributed by atoms with Crippen LogP contribution in [0.15, 0.2) is 6.33 Å². The zero-order valence-electron chi connectivity index (χ0n) is 15.6. The topological polar surface area (TPSA) is 62.1 Å². The molecule has 1 N–H and O–H groups in total. The standard InChI is InChI=1S/C20H26N4OS/c1-3-5-9-15-13-7-6-8-14(13)16-17-18(26-20(16)23-15)19(22-12-21-17)24(4-2)10-11-25/h12,25H,3-11H2,1-2H3. The summed E-state index contributed by atoms with van der Waals surface area (Å²) in [6.07, 6.45) is 8.63.